The first-order chi connectivity index (χ1) is 16.8. The monoisotopic (exact) mass is 473 g/mol. The fraction of sp³-hybridized carbons (Fsp3) is 0.250. The summed E-state index contributed by atoms with van der Waals surface area (Å²) in [4.78, 5) is 39.7. The molecule has 7 heteroatoms. The lowest BCUT2D eigenvalue weighted by molar-refractivity contribution is -0.111. The van der Waals surface area contributed by atoms with Gasteiger partial charge in [-0.1, -0.05) is 36.4 Å². The molecule has 0 atom stereocenters. The molecule has 0 spiro atoms. The number of hydrogen-bond donors (Lipinski definition) is 2. The molecule has 0 saturated carbocycles. The molecule has 0 aliphatic rings. The van der Waals surface area contributed by atoms with Gasteiger partial charge in [-0.15, -0.1) is 0 Å². The van der Waals surface area contributed by atoms with Crippen LogP contribution < -0.4 is 10.6 Å². The van der Waals surface area contributed by atoms with Crippen molar-refractivity contribution >= 4 is 39.8 Å². The number of fused-ring (bicyclic) bond motifs is 1. The van der Waals surface area contributed by atoms with E-state index in [1.807, 2.05) is 68.4 Å². The van der Waals surface area contributed by atoms with E-state index in [0.717, 1.165) is 34.9 Å². The number of rotatable bonds is 9. The summed E-state index contributed by atoms with van der Waals surface area (Å²) in [6.45, 7) is 3.22. The molecule has 3 aromatic rings. The molecule has 7 nitrogen and oxygen atoms in total. The zero-order valence-electron chi connectivity index (χ0n) is 20.6. The van der Waals surface area contributed by atoms with Crippen LogP contribution in [0, 0.1) is 0 Å². The lowest BCUT2D eigenvalue weighted by Crippen LogP contribution is -2.27. The van der Waals surface area contributed by atoms with Crippen LogP contribution in [0.4, 0.5) is 5.69 Å². The lowest BCUT2D eigenvalue weighted by atomic mass is 10.0. The third-order valence-electron chi connectivity index (χ3n) is 5.57. The number of anilines is 1. The first-order valence-electron chi connectivity index (χ1n) is 11.4. The Hall–Kier alpha value is -3.97. The summed E-state index contributed by atoms with van der Waals surface area (Å²) in [5.74, 6) is -1.30. The Kier molecular flexibility index (Phi) is 8.75. The summed E-state index contributed by atoms with van der Waals surface area (Å²) in [5, 5.41) is 7.80. The van der Waals surface area contributed by atoms with E-state index in [1.54, 1.807) is 6.07 Å². The SMILES string of the molecule is COC(=O)c1ccc(C(=O)NCCCN(C)C)cc1NC(=O)/C=C(/C)c1ccc2ccccc2c1. The number of nitrogens with one attached hydrogen (secondary N) is 2. The third-order valence-corrected chi connectivity index (χ3v) is 5.57. The van der Waals surface area contributed by atoms with E-state index in [0.29, 0.717) is 12.1 Å². The average Bonchev–Trinajstić information content (AvgIpc) is 2.85. The quantitative estimate of drug-likeness (QED) is 0.274. The number of nitrogens with zero attached hydrogens (tertiary/aromatic N) is 1. The summed E-state index contributed by atoms with van der Waals surface area (Å²) < 4.78 is 4.84. The van der Waals surface area contributed by atoms with Gasteiger partial charge in [-0.25, -0.2) is 4.79 Å². The highest BCUT2D eigenvalue weighted by molar-refractivity contribution is 6.09. The van der Waals surface area contributed by atoms with Crippen molar-refractivity contribution in [3.05, 3.63) is 83.4 Å². The lowest BCUT2D eigenvalue weighted by Gasteiger charge is -2.13. The van der Waals surface area contributed by atoms with Crippen LogP contribution in [0.2, 0.25) is 0 Å². The minimum Gasteiger partial charge on any atom is -0.465 e. The molecule has 0 saturated heterocycles. The smallest absolute Gasteiger partial charge is 0.339 e. The van der Waals surface area contributed by atoms with Crippen LogP contribution in [0.3, 0.4) is 0 Å². The van der Waals surface area contributed by atoms with Gasteiger partial charge < -0.3 is 20.3 Å². The van der Waals surface area contributed by atoms with E-state index < -0.39 is 11.9 Å². The fourth-order valence-electron chi connectivity index (χ4n) is 3.66. The van der Waals surface area contributed by atoms with Gasteiger partial charge in [-0.2, -0.15) is 0 Å². The highest BCUT2D eigenvalue weighted by Crippen LogP contribution is 2.22. The van der Waals surface area contributed by atoms with E-state index in [9.17, 15) is 14.4 Å². The van der Waals surface area contributed by atoms with Gasteiger partial charge in [0.05, 0.1) is 18.4 Å². The first-order valence-corrected chi connectivity index (χ1v) is 11.4. The van der Waals surface area contributed by atoms with Crippen molar-refractivity contribution in [2.24, 2.45) is 0 Å². The molecule has 0 aromatic heterocycles. The molecule has 3 aromatic carbocycles. The van der Waals surface area contributed by atoms with Crippen molar-refractivity contribution in [1.29, 1.82) is 0 Å². The normalized spacial score (nSPS) is 11.4. The first kappa shape index (κ1) is 25.6. The number of carbonyl (C=O) groups is 3. The van der Waals surface area contributed by atoms with Crippen LogP contribution in [0.15, 0.2) is 66.7 Å². The molecule has 0 aliphatic carbocycles. The third kappa shape index (κ3) is 7.01. The second-order valence-corrected chi connectivity index (χ2v) is 8.54. The summed E-state index contributed by atoms with van der Waals surface area (Å²) >= 11 is 0. The molecular weight excluding hydrogens is 442 g/mol. The molecule has 35 heavy (non-hydrogen) atoms. The molecule has 0 heterocycles. The molecule has 0 radical (unpaired) electrons. The van der Waals surface area contributed by atoms with Crippen LogP contribution in [0.5, 0.6) is 0 Å². The van der Waals surface area contributed by atoms with Crippen molar-refractivity contribution in [3.8, 4) is 0 Å². The zero-order valence-corrected chi connectivity index (χ0v) is 20.6. The Morgan fingerprint density at radius 2 is 1.66 bits per heavy atom. The highest BCUT2D eigenvalue weighted by atomic mass is 16.5. The second kappa shape index (κ2) is 11.9. The van der Waals surface area contributed by atoms with E-state index in [-0.39, 0.29) is 17.2 Å². The summed E-state index contributed by atoms with van der Waals surface area (Å²) in [7, 11) is 5.21. The number of amides is 2. The standard InChI is InChI=1S/C28H31N3O4/c1-19(21-11-10-20-8-5-6-9-22(20)17-21)16-26(32)30-25-18-23(12-13-24(25)28(34)35-4)27(33)29-14-7-15-31(2)3/h5-6,8-13,16-18H,7,14-15H2,1-4H3,(H,29,33)(H,30,32)/b19-16-. The predicted octanol–water partition coefficient (Wildman–Crippen LogP) is 4.35. The average molecular weight is 474 g/mol. The maximum Gasteiger partial charge on any atom is 0.339 e. The second-order valence-electron chi connectivity index (χ2n) is 8.54. The number of ether oxygens (including phenoxy) is 1. The molecule has 2 amide bonds. The number of esters is 1. The van der Waals surface area contributed by atoms with Crippen molar-refractivity contribution in [3.63, 3.8) is 0 Å². The Bertz CT molecular complexity index is 1260. The molecule has 0 fully saturated rings. The maximum atomic E-state index is 12.8. The zero-order chi connectivity index (χ0) is 25.4. The van der Waals surface area contributed by atoms with Gasteiger partial charge in [0, 0.05) is 18.2 Å². The molecule has 2 N–H and O–H groups in total. The van der Waals surface area contributed by atoms with Crippen LogP contribution in [-0.2, 0) is 9.53 Å². The Balaban J connectivity index is 1.79. The number of carbonyl (C=O) groups excluding carboxylic acids is 3. The fourth-order valence-corrected chi connectivity index (χ4v) is 3.66. The molecule has 182 valence electrons. The minimum absolute atomic E-state index is 0.168. The summed E-state index contributed by atoms with van der Waals surface area (Å²) in [6.07, 6.45) is 2.28. The topological polar surface area (TPSA) is 87.7 Å². The molecule has 0 unspecified atom stereocenters. The maximum absolute atomic E-state index is 12.8. The Labute approximate surface area is 205 Å². The Morgan fingerprint density at radius 3 is 2.37 bits per heavy atom. The minimum atomic E-state index is -0.603. The number of hydrogen-bond acceptors (Lipinski definition) is 5. The Morgan fingerprint density at radius 1 is 0.943 bits per heavy atom. The van der Waals surface area contributed by atoms with Gasteiger partial charge in [0.15, 0.2) is 0 Å². The van der Waals surface area contributed by atoms with Gasteiger partial charge >= 0.3 is 5.97 Å². The van der Waals surface area contributed by atoms with E-state index >= 15 is 0 Å². The van der Waals surface area contributed by atoms with Crippen LogP contribution in [0.25, 0.3) is 16.3 Å². The number of benzene rings is 3. The van der Waals surface area contributed by atoms with Gasteiger partial charge in [-0.3, -0.25) is 9.59 Å². The largest absolute Gasteiger partial charge is 0.465 e. The van der Waals surface area contributed by atoms with E-state index in [1.165, 1.54) is 25.3 Å². The van der Waals surface area contributed by atoms with Crippen molar-refractivity contribution in [2.75, 3.05) is 39.6 Å². The van der Waals surface area contributed by atoms with Crippen molar-refractivity contribution < 1.29 is 19.1 Å². The van der Waals surface area contributed by atoms with Gasteiger partial charge in [-0.05, 0) is 80.2 Å². The number of allylic oxidation sites excluding steroid dienone is 1. The van der Waals surface area contributed by atoms with Gasteiger partial charge in [0.1, 0.15) is 0 Å². The van der Waals surface area contributed by atoms with Crippen LogP contribution >= 0.6 is 0 Å². The van der Waals surface area contributed by atoms with Crippen LogP contribution in [-0.4, -0.2) is 57.0 Å². The number of methoxy groups -OCH3 is 1. The predicted molar refractivity (Wildman–Crippen MR) is 140 cm³/mol. The van der Waals surface area contributed by atoms with Gasteiger partial charge in [0.2, 0.25) is 5.91 Å². The van der Waals surface area contributed by atoms with E-state index in [2.05, 4.69) is 10.6 Å². The summed E-state index contributed by atoms with van der Waals surface area (Å²) in [6, 6.07) is 18.5. The van der Waals surface area contributed by atoms with Crippen molar-refractivity contribution in [1.82, 2.24) is 10.2 Å². The summed E-state index contributed by atoms with van der Waals surface area (Å²) in [5.41, 5.74) is 2.40. The molecule has 0 bridgehead atoms. The van der Waals surface area contributed by atoms with Gasteiger partial charge in [0.25, 0.3) is 5.91 Å². The van der Waals surface area contributed by atoms with Crippen LogP contribution in [0.1, 0.15) is 39.6 Å². The molecule has 3 rings (SSSR count). The molecular formula is C28H31N3O4. The van der Waals surface area contributed by atoms with E-state index in [4.69, 9.17) is 4.74 Å². The highest BCUT2D eigenvalue weighted by Gasteiger charge is 2.17. The van der Waals surface area contributed by atoms with Crippen molar-refractivity contribution in [2.45, 2.75) is 13.3 Å². The molecule has 0 aliphatic heterocycles.